The number of halogens is 2. The summed E-state index contributed by atoms with van der Waals surface area (Å²) in [5.41, 5.74) is 0.567. The highest BCUT2D eigenvalue weighted by atomic mass is 32.1. The van der Waals surface area contributed by atoms with E-state index >= 15 is 0 Å². The fourth-order valence-electron chi connectivity index (χ4n) is 1.82. The predicted molar refractivity (Wildman–Crippen MR) is 79.0 cm³/mol. The van der Waals surface area contributed by atoms with E-state index in [0.717, 1.165) is 12.8 Å². The Bertz CT molecular complexity index is 556. The summed E-state index contributed by atoms with van der Waals surface area (Å²) < 4.78 is 28.2. The molecule has 0 aliphatic heterocycles. The molecule has 1 aromatic carbocycles. The number of alkyl halides is 2. The molecule has 0 aliphatic rings. The van der Waals surface area contributed by atoms with Gasteiger partial charge in [0, 0.05) is 17.0 Å². The van der Waals surface area contributed by atoms with Gasteiger partial charge in [-0.05, 0) is 48.6 Å². The van der Waals surface area contributed by atoms with Crippen molar-refractivity contribution < 1.29 is 18.3 Å². The fourth-order valence-corrected chi connectivity index (χ4v) is 2.57. The third-order valence-electron chi connectivity index (χ3n) is 2.77. The number of aryl methyl sites for hydroxylation is 1. The van der Waals surface area contributed by atoms with Crippen molar-refractivity contribution in [3.05, 3.63) is 46.7 Å². The van der Waals surface area contributed by atoms with Gasteiger partial charge in [-0.15, -0.1) is 11.3 Å². The lowest BCUT2D eigenvalue weighted by molar-refractivity contribution is -0.116. The molecular weight excluding hydrogens is 296 g/mol. The zero-order valence-corrected chi connectivity index (χ0v) is 12.0. The third-order valence-corrected chi connectivity index (χ3v) is 3.71. The minimum Gasteiger partial charge on any atom is -0.435 e. The first-order chi connectivity index (χ1) is 10.1. The van der Waals surface area contributed by atoms with E-state index < -0.39 is 6.61 Å². The van der Waals surface area contributed by atoms with E-state index in [9.17, 15) is 13.6 Å². The van der Waals surface area contributed by atoms with E-state index in [2.05, 4.69) is 10.1 Å². The Labute approximate surface area is 125 Å². The first kappa shape index (κ1) is 15.4. The number of anilines is 1. The minimum atomic E-state index is -2.84. The zero-order valence-electron chi connectivity index (χ0n) is 11.2. The molecule has 0 saturated heterocycles. The van der Waals surface area contributed by atoms with E-state index in [0.29, 0.717) is 12.1 Å². The summed E-state index contributed by atoms with van der Waals surface area (Å²) in [6.07, 6.45) is 2.08. The van der Waals surface area contributed by atoms with Crippen molar-refractivity contribution >= 4 is 22.9 Å². The molecule has 0 saturated carbocycles. The molecule has 1 amide bonds. The number of ether oxygens (including phenoxy) is 1. The molecular formula is C15H15F2NO2S. The fraction of sp³-hybridized carbons (Fsp3) is 0.267. The molecule has 0 aliphatic carbocycles. The lowest BCUT2D eigenvalue weighted by Crippen LogP contribution is -2.11. The van der Waals surface area contributed by atoms with Crippen molar-refractivity contribution in [3.8, 4) is 5.75 Å². The van der Waals surface area contributed by atoms with E-state index in [1.54, 1.807) is 11.3 Å². The SMILES string of the molecule is O=C(CCCc1cccs1)Nc1ccc(OC(F)F)cc1. The standard InChI is InChI=1S/C15H15F2NO2S/c16-15(17)20-12-8-6-11(7-9-12)18-14(19)5-1-3-13-4-2-10-21-13/h2,4,6-10,15H,1,3,5H2,(H,18,19). The summed E-state index contributed by atoms with van der Waals surface area (Å²) in [5.74, 6) is -0.0187. The van der Waals surface area contributed by atoms with Crippen LogP contribution in [0.5, 0.6) is 5.75 Å². The third kappa shape index (κ3) is 5.51. The smallest absolute Gasteiger partial charge is 0.387 e. The Morgan fingerprint density at radius 2 is 2.00 bits per heavy atom. The number of benzene rings is 1. The van der Waals surface area contributed by atoms with Crippen molar-refractivity contribution in [2.75, 3.05) is 5.32 Å². The molecule has 21 heavy (non-hydrogen) atoms. The van der Waals surface area contributed by atoms with Gasteiger partial charge >= 0.3 is 6.61 Å². The van der Waals surface area contributed by atoms with Gasteiger partial charge in [0.25, 0.3) is 0 Å². The maximum Gasteiger partial charge on any atom is 0.387 e. The molecule has 6 heteroatoms. The van der Waals surface area contributed by atoms with Crippen LogP contribution in [0, 0.1) is 0 Å². The van der Waals surface area contributed by atoms with Gasteiger partial charge in [0.05, 0.1) is 0 Å². The topological polar surface area (TPSA) is 38.3 Å². The molecule has 112 valence electrons. The number of nitrogens with one attached hydrogen (secondary N) is 1. The van der Waals surface area contributed by atoms with Crippen LogP contribution >= 0.6 is 11.3 Å². The molecule has 0 radical (unpaired) electrons. The highest BCUT2D eigenvalue weighted by Crippen LogP contribution is 2.18. The first-order valence-corrected chi connectivity index (χ1v) is 7.38. The maximum atomic E-state index is 12.0. The van der Waals surface area contributed by atoms with Crippen LogP contribution in [-0.4, -0.2) is 12.5 Å². The Morgan fingerprint density at radius 3 is 2.62 bits per heavy atom. The Kier molecular flexibility index (Phi) is 5.68. The number of amides is 1. The Morgan fingerprint density at radius 1 is 1.24 bits per heavy atom. The van der Waals surface area contributed by atoms with E-state index in [1.807, 2.05) is 17.5 Å². The average Bonchev–Trinajstić information content (AvgIpc) is 2.93. The number of carbonyl (C=O) groups excluding carboxylic acids is 1. The second-order valence-corrected chi connectivity index (χ2v) is 5.42. The average molecular weight is 311 g/mol. The monoisotopic (exact) mass is 311 g/mol. The van der Waals surface area contributed by atoms with Crippen LogP contribution in [0.1, 0.15) is 17.7 Å². The van der Waals surface area contributed by atoms with Crippen LogP contribution in [0.15, 0.2) is 41.8 Å². The summed E-state index contributed by atoms with van der Waals surface area (Å²) in [7, 11) is 0. The number of thiophene rings is 1. The van der Waals surface area contributed by atoms with E-state index in [1.165, 1.54) is 29.1 Å². The summed E-state index contributed by atoms with van der Waals surface area (Å²) in [6, 6.07) is 9.90. The molecule has 2 aromatic rings. The van der Waals surface area contributed by atoms with Crippen LogP contribution in [-0.2, 0) is 11.2 Å². The van der Waals surface area contributed by atoms with Crippen molar-refractivity contribution in [2.45, 2.75) is 25.9 Å². The summed E-state index contributed by atoms with van der Waals surface area (Å²) in [4.78, 5) is 13.0. The van der Waals surface area contributed by atoms with E-state index in [-0.39, 0.29) is 11.7 Å². The number of rotatable bonds is 7. The second-order valence-electron chi connectivity index (χ2n) is 4.38. The van der Waals surface area contributed by atoms with Crippen molar-refractivity contribution in [2.24, 2.45) is 0 Å². The largest absolute Gasteiger partial charge is 0.435 e. The number of hydrogen-bond donors (Lipinski definition) is 1. The van der Waals surface area contributed by atoms with Crippen LogP contribution in [0.3, 0.4) is 0 Å². The highest BCUT2D eigenvalue weighted by molar-refractivity contribution is 7.09. The molecule has 0 bridgehead atoms. The molecule has 2 rings (SSSR count). The van der Waals surface area contributed by atoms with Crippen LogP contribution < -0.4 is 10.1 Å². The van der Waals surface area contributed by atoms with Gasteiger partial charge in [-0.1, -0.05) is 6.07 Å². The Hall–Kier alpha value is -1.95. The molecule has 0 atom stereocenters. The minimum absolute atomic E-state index is 0.0701. The van der Waals surface area contributed by atoms with Gasteiger partial charge in [0.15, 0.2) is 0 Å². The summed E-state index contributed by atoms with van der Waals surface area (Å²) in [5, 5.41) is 4.74. The molecule has 1 N–H and O–H groups in total. The lowest BCUT2D eigenvalue weighted by atomic mass is 10.2. The van der Waals surface area contributed by atoms with Gasteiger partial charge < -0.3 is 10.1 Å². The molecule has 3 nitrogen and oxygen atoms in total. The predicted octanol–water partition coefficient (Wildman–Crippen LogP) is 4.31. The molecule has 1 aromatic heterocycles. The van der Waals surface area contributed by atoms with Crippen molar-refractivity contribution in [3.63, 3.8) is 0 Å². The number of carbonyl (C=O) groups is 1. The maximum absolute atomic E-state index is 12.0. The van der Waals surface area contributed by atoms with Gasteiger partial charge in [-0.25, -0.2) is 0 Å². The van der Waals surface area contributed by atoms with Crippen molar-refractivity contribution in [1.82, 2.24) is 0 Å². The molecule has 0 spiro atoms. The summed E-state index contributed by atoms with van der Waals surface area (Å²) >= 11 is 1.68. The van der Waals surface area contributed by atoms with Gasteiger partial charge in [-0.3, -0.25) is 4.79 Å². The van der Waals surface area contributed by atoms with Crippen LogP contribution in [0.4, 0.5) is 14.5 Å². The Balaban J connectivity index is 1.74. The van der Waals surface area contributed by atoms with Crippen LogP contribution in [0.2, 0.25) is 0 Å². The van der Waals surface area contributed by atoms with Crippen LogP contribution in [0.25, 0.3) is 0 Å². The second kappa shape index (κ2) is 7.73. The van der Waals surface area contributed by atoms with E-state index in [4.69, 9.17) is 0 Å². The first-order valence-electron chi connectivity index (χ1n) is 6.50. The zero-order chi connectivity index (χ0) is 15.1. The molecule has 0 unspecified atom stereocenters. The highest BCUT2D eigenvalue weighted by Gasteiger charge is 2.06. The summed E-state index contributed by atoms with van der Waals surface area (Å²) in [6.45, 7) is -2.84. The van der Waals surface area contributed by atoms with Crippen molar-refractivity contribution in [1.29, 1.82) is 0 Å². The normalized spacial score (nSPS) is 10.6. The van der Waals surface area contributed by atoms with Gasteiger partial charge in [0.1, 0.15) is 5.75 Å². The van der Waals surface area contributed by atoms with Gasteiger partial charge in [0.2, 0.25) is 5.91 Å². The number of hydrogen-bond acceptors (Lipinski definition) is 3. The lowest BCUT2D eigenvalue weighted by Gasteiger charge is -2.07. The quantitative estimate of drug-likeness (QED) is 0.827. The molecule has 0 fully saturated rings. The molecule has 1 heterocycles. The van der Waals surface area contributed by atoms with Gasteiger partial charge in [-0.2, -0.15) is 8.78 Å².